The molecule has 0 radical (unpaired) electrons. The van der Waals surface area contributed by atoms with Gasteiger partial charge in [0.1, 0.15) is 5.75 Å². The van der Waals surface area contributed by atoms with Crippen LogP contribution in [0.4, 0.5) is 0 Å². The molecule has 0 saturated heterocycles. The normalized spacial score (nSPS) is 11.2. The molecule has 5 nitrogen and oxygen atoms in total. The lowest BCUT2D eigenvalue weighted by molar-refractivity contribution is 0.398. The van der Waals surface area contributed by atoms with Crippen molar-refractivity contribution in [3.8, 4) is 11.8 Å². The molecule has 0 bridgehead atoms. The standard InChI is InChI=1S/C11H14N2O3S/c1-13(17(3,14)15)8-10-6-9(7-12)4-5-11(10)16-2/h4-6H,8H2,1-3H3. The SMILES string of the molecule is COc1ccc(C#N)cc1CN(C)S(C)(=O)=O. The molecular formula is C11H14N2O3S. The Morgan fingerprint density at radius 2 is 2.12 bits per heavy atom. The number of methoxy groups -OCH3 is 1. The van der Waals surface area contributed by atoms with Gasteiger partial charge in [0.2, 0.25) is 10.0 Å². The van der Waals surface area contributed by atoms with Gasteiger partial charge in [0.15, 0.2) is 0 Å². The first-order valence-corrected chi connectivity index (χ1v) is 6.71. The van der Waals surface area contributed by atoms with E-state index in [4.69, 9.17) is 10.00 Å². The molecule has 0 aliphatic rings. The van der Waals surface area contributed by atoms with E-state index in [1.165, 1.54) is 18.5 Å². The van der Waals surface area contributed by atoms with Gasteiger partial charge in [-0.3, -0.25) is 0 Å². The van der Waals surface area contributed by atoms with Crippen LogP contribution >= 0.6 is 0 Å². The molecule has 0 aromatic heterocycles. The maximum Gasteiger partial charge on any atom is 0.211 e. The topological polar surface area (TPSA) is 70.4 Å². The second-order valence-corrected chi connectivity index (χ2v) is 5.75. The van der Waals surface area contributed by atoms with E-state index in [1.807, 2.05) is 6.07 Å². The lowest BCUT2D eigenvalue weighted by Gasteiger charge is -2.16. The molecule has 0 atom stereocenters. The Kier molecular flexibility index (Phi) is 4.10. The predicted molar refractivity (Wildman–Crippen MR) is 64.0 cm³/mol. The summed E-state index contributed by atoms with van der Waals surface area (Å²) in [6.07, 6.45) is 1.13. The third-order valence-corrected chi connectivity index (χ3v) is 3.63. The van der Waals surface area contributed by atoms with E-state index in [0.29, 0.717) is 16.9 Å². The lowest BCUT2D eigenvalue weighted by Crippen LogP contribution is -2.25. The van der Waals surface area contributed by atoms with Gasteiger partial charge in [-0.25, -0.2) is 12.7 Å². The number of benzene rings is 1. The number of hydrogen-bond acceptors (Lipinski definition) is 4. The molecule has 0 amide bonds. The smallest absolute Gasteiger partial charge is 0.211 e. The van der Waals surface area contributed by atoms with E-state index in [9.17, 15) is 8.42 Å². The van der Waals surface area contributed by atoms with Crippen molar-refractivity contribution in [2.45, 2.75) is 6.54 Å². The molecule has 0 heterocycles. The average molecular weight is 254 g/mol. The molecule has 0 aliphatic heterocycles. The second kappa shape index (κ2) is 5.17. The minimum Gasteiger partial charge on any atom is -0.496 e. The monoisotopic (exact) mass is 254 g/mol. The Labute approximate surface area is 101 Å². The van der Waals surface area contributed by atoms with Crippen LogP contribution in [-0.2, 0) is 16.6 Å². The number of nitriles is 1. The van der Waals surface area contributed by atoms with Gasteiger partial charge in [0.05, 0.1) is 25.0 Å². The molecule has 0 aliphatic carbocycles. The number of sulfonamides is 1. The van der Waals surface area contributed by atoms with Crippen molar-refractivity contribution in [2.24, 2.45) is 0 Å². The molecular weight excluding hydrogens is 240 g/mol. The van der Waals surface area contributed by atoms with E-state index in [0.717, 1.165) is 6.26 Å². The number of nitrogens with zero attached hydrogens (tertiary/aromatic N) is 2. The number of rotatable bonds is 4. The Morgan fingerprint density at radius 3 is 2.59 bits per heavy atom. The summed E-state index contributed by atoms with van der Waals surface area (Å²) in [6, 6.07) is 6.92. The molecule has 0 N–H and O–H groups in total. The van der Waals surface area contributed by atoms with Crippen LogP contribution < -0.4 is 4.74 Å². The first-order valence-electron chi connectivity index (χ1n) is 4.87. The Morgan fingerprint density at radius 1 is 1.47 bits per heavy atom. The first kappa shape index (κ1) is 13.5. The summed E-state index contributed by atoms with van der Waals surface area (Å²) in [4.78, 5) is 0. The molecule has 1 aromatic rings. The number of hydrogen-bond donors (Lipinski definition) is 0. The number of ether oxygens (including phenoxy) is 1. The molecule has 0 saturated carbocycles. The van der Waals surface area contributed by atoms with E-state index in [2.05, 4.69) is 0 Å². The van der Waals surface area contributed by atoms with Gasteiger partial charge in [-0.2, -0.15) is 5.26 Å². The van der Waals surface area contributed by atoms with Crippen molar-refractivity contribution < 1.29 is 13.2 Å². The summed E-state index contributed by atoms with van der Waals surface area (Å²) in [6.45, 7) is 0.178. The van der Waals surface area contributed by atoms with Gasteiger partial charge in [-0.1, -0.05) is 0 Å². The van der Waals surface area contributed by atoms with Crippen LogP contribution in [0.2, 0.25) is 0 Å². The summed E-state index contributed by atoms with van der Waals surface area (Å²) in [5.74, 6) is 0.569. The lowest BCUT2D eigenvalue weighted by atomic mass is 10.1. The van der Waals surface area contributed by atoms with Gasteiger partial charge in [-0.05, 0) is 18.2 Å². The molecule has 0 fully saturated rings. The predicted octanol–water partition coefficient (Wildman–Crippen LogP) is 0.958. The Hall–Kier alpha value is -1.58. The van der Waals surface area contributed by atoms with Crippen LogP contribution in [-0.4, -0.2) is 33.1 Å². The highest BCUT2D eigenvalue weighted by Crippen LogP contribution is 2.21. The van der Waals surface area contributed by atoms with Crippen LogP contribution in [0.1, 0.15) is 11.1 Å². The van der Waals surface area contributed by atoms with Crippen LogP contribution in [0.3, 0.4) is 0 Å². The maximum absolute atomic E-state index is 11.3. The van der Waals surface area contributed by atoms with Crippen LogP contribution in [0, 0.1) is 11.3 Å². The largest absolute Gasteiger partial charge is 0.496 e. The van der Waals surface area contributed by atoms with Gasteiger partial charge in [0, 0.05) is 19.2 Å². The Bertz CT molecular complexity index is 546. The second-order valence-electron chi connectivity index (χ2n) is 3.66. The molecule has 1 rings (SSSR count). The van der Waals surface area contributed by atoms with Crippen LogP contribution in [0.5, 0.6) is 5.75 Å². The zero-order valence-electron chi connectivity index (χ0n) is 9.97. The summed E-state index contributed by atoms with van der Waals surface area (Å²) in [7, 11) is -0.265. The molecule has 0 unspecified atom stereocenters. The quantitative estimate of drug-likeness (QED) is 0.802. The Balaban J connectivity index is 3.09. The van der Waals surface area contributed by atoms with Gasteiger partial charge in [-0.15, -0.1) is 0 Å². The third kappa shape index (κ3) is 3.44. The van der Waals surface area contributed by atoms with Crippen molar-refractivity contribution in [3.63, 3.8) is 0 Å². The third-order valence-electron chi connectivity index (χ3n) is 2.37. The molecule has 1 aromatic carbocycles. The fraction of sp³-hybridized carbons (Fsp3) is 0.364. The van der Waals surface area contributed by atoms with Gasteiger partial charge >= 0.3 is 0 Å². The van der Waals surface area contributed by atoms with Gasteiger partial charge < -0.3 is 4.74 Å². The molecule has 92 valence electrons. The van der Waals surface area contributed by atoms with E-state index in [1.54, 1.807) is 18.2 Å². The fourth-order valence-corrected chi connectivity index (χ4v) is 1.70. The summed E-state index contributed by atoms with van der Waals surface area (Å²) in [5.41, 5.74) is 1.14. The van der Waals surface area contributed by atoms with Crippen molar-refractivity contribution >= 4 is 10.0 Å². The van der Waals surface area contributed by atoms with Crippen molar-refractivity contribution in [1.29, 1.82) is 5.26 Å². The van der Waals surface area contributed by atoms with E-state index < -0.39 is 10.0 Å². The van der Waals surface area contributed by atoms with Crippen molar-refractivity contribution in [3.05, 3.63) is 29.3 Å². The highest BCUT2D eigenvalue weighted by atomic mass is 32.2. The zero-order chi connectivity index (χ0) is 13.1. The maximum atomic E-state index is 11.3. The fourth-order valence-electron chi connectivity index (χ4n) is 1.33. The van der Waals surface area contributed by atoms with Crippen LogP contribution in [0.15, 0.2) is 18.2 Å². The zero-order valence-corrected chi connectivity index (χ0v) is 10.8. The minimum absolute atomic E-state index is 0.178. The van der Waals surface area contributed by atoms with Gasteiger partial charge in [0.25, 0.3) is 0 Å². The average Bonchev–Trinajstić information content (AvgIpc) is 2.27. The van der Waals surface area contributed by atoms with Crippen molar-refractivity contribution in [1.82, 2.24) is 4.31 Å². The summed E-state index contributed by atoms with van der Waals surface area (Å²) >= 11 is 0. The highest BCUT2D eigenvalue weighted by Gasteiger charge is 2.14. The minimum atomic E-state index is -3.25. The van der Waals surface area contributed by atoms with E-state index >= 15 is 0 Å². The first-order chi connectivity index (χ1) is 7.88. The van der Waals surface area contributed by atoms with Crippen molar-refractivity contribution in [2.75, 3.05) is 20.4 Å². The highest BCUT2D eigenvalue weighted by molar-refractivity contribution is 7.88. The molecule has 17 heavy (non-hydrogen) atoms. The van der Waals surface area contributed by atoms with Crippen LogP contribution in [0.25, 0.3) is 0 Å². The summed E-state index contributed by atoms with van der Waals surface area (Å²) < 4.78 is 28.9. The summed E-state index contributed by atoms with van der Waals surface area (Å²) in [5, 5.41) is 8.80. The molecule has 0 spiro atoms. The van der Waals surface area contributed by atoms with E-state index in [-0.39, 0.29) is 6.54 Å². The molecule has 6 heteroatoms.